The molecule has 104 valence electrons. The third-order valence-electron chi connectivity index (χ3n) is 5.42. The minimum Gasteiger partial charge on any atom is -0.309 e. The predicted octanol–water partition coefficient (Wildman–Crippen LogP) is 2.88. The van der Waals surface area contributed by atoms with Gasteiger partial charge in [-0.05, 0) is 38.4 Å². The zero-order valence-electron chi connectivity index (χ0n) is 11.8. The lowest BCUT2D eigenvalue weighted by atomic mass is 9.80. The molecule has 0 aromatic heterocycles. The lowest BCUT2D eigenvalue weighted by molar-refractivity contribution is 0.0697. The zero-order chi connectivity index (χ0) is 12.4. The topological polar surface area (TPSA) is 15.3 Å². The molecule has 0 aromatic rings. The molecule has 1 saturated heterocycles. The van der Waals surface area contributed by atoms with E-state index in [1.54, 1.807) is 0 Å². The van der Waals surface area contributed by atoms with E-state index < -0.39 is 0 Å². The fourth-order valence-corrected chi connectivity index (χ4v) is 5.11. The van der Waals surface area contributed by atoms with Gasteiger partial charge in [0, 0.05) is 36.5 Å². The highest BCUT2D eigenvalue weighted by Crippen LogP contribution is 2.36. The quantitative estimate of drug-likeness (QED) is 0.829. The zero-order valence-corrected chi connectivity index (χ0v) is 12.6. The van der Waals surface area contributed by atoms with Crippen molar-refractivity contribution < 1.29 is 0 Å². The first-order chi connectivity index (χ1) is 8.81. The average molecular weight is 268 g/mol. The number of hydrogen-bond acceptors (Lipinski definition) is 3. The van der Waals surface area contributed by atoms with Crippen molar-refractivity contribution in [3.8, 4) is 0 Å². The van der Waals surface area contributed by atoms with Crippen molar-refractivity contribution in [2.24, 2.45) is 0 Å². The van der Waals surface area contributed by atoms with Crippen molar-refractivity contribution in [1.29, 1.82) is 0 Å². The van der Waals surface area contributed by atoms with Crippen LogP contribution in [0.4, 0.5) is 0 Å². The van der Waals surface area contributed by atoms with Crippen LogP contribution in [0.1, 0.15) is 51.4 Å². The van der Waals surface area contributed by atoms with Crippen LogP contribution in [0, 0.1) is 0 Å². The van der Waals surface area contributed by atoms with Crippen molar-refractivity contribution in [1.82, 2.24) is 10.2 Å². The Labute approximate surface area is 116 Å². The second-order valence-electron chi connectivity index (χ2n) is 6.56. The van der Waals surface area contributed by atoms with Crippen LogP contribution in [0.25, 0.3) is 0 Å². The molecule has 3 rings (SSSR count). The summed E-state index contributed by atoms with van der Waals surface area (Å²) in [5.41, 5.74) is 0.494. The van der Waals surface area contributed by atoms with Gasteiger partial charge in [-0.2, -0.15) is 11.8 Å². The van der Waals surface area contributed by atoms with E-state index in [9.17, 15) is 0 Å². The summed E-state index contributed by atoms with van der Waals surface area (Å²) in [6, 6.07) is 0.892. The molecule has 0 aromatic carbocycles. The van der Waals surface area contributed by atoms with E-state index in [1.165, 1.54) is 71.0 Å². The van der Waals surface area contributed by atoms with E-state index in [0.29, 0.717) is 5.54 Å². The number of nitrogens with one attached hydrogen (secondary N) is 1. The minimum atomic E-state index is 0.494. The highest BCUT2D eigenvalue weighted by atomic mass is 32.2. The largest absolute Gasteiger partial charge is 0.309 e. The van der Waals surface area contributed by atoms with Crippen LogP contribution in [0.2, 0.25) is 0 Å². The van der Waals surface area contributed by atoms with E-state index in [0.717, 1.165) is 11.3 Å². The van der Waals surface area contributed by atoms with Crippen molar-refractivity contribution >= 4 is 11.8 Å². The fraction of sp³-hybridized carbons (Fsp3) is 1.00. The minimum absolute atomic E-state index is 0.494. The molecule has 1 aliphatic heterocycles. The summed E-state index contributed by atoms with van der Waals surface area (Å²) >= 11 is 2.08. The van der Waals surface area contributed by atoms with Crippen LogP contribution < -0.4 is 5.32 Å². The summed E-state index contributed by atoms with van der Waals surface area (Å²) in [5, 5.41) is 4.80. The average Bonchev–Trinajstić information content (AvgIpc) is 2.88. The van der Waals surface area contributed by atoms with Crippen molar-refractivity contribution in [2.45, 2.75) is 68.2 Å². The maximum atomic E-state index is 3.87. The molecule has 1 N–H and O–H groups in total. The Morgan fingerprint density at radius 3 is 2.72 bits per heavy atom. The lowest BCUT2D eigenvalue weighted by Crippen LogP contribution is -2.62. The molecule has 3 fully saturated rings. The predicted molar refractivity (Wildman–Crippen MR) is 80.3 cm³/mol. The van der Waals surface area contributed by atoms with E-state index in [-0.39, 0.29) is 0 Å². The first-order valence-electron chi connectivity index (χ1n) is 7.83. The van der Waals surface area contributed by atoms with Gasteiger partial charge in [-0.3, -0.25) is 4.90 Å². The smallest absolute Gasteiger partial charge is 0.0309 e. The van der Waals surface area contributed by atoms with Gasteiger partial charge in [0.25, 0.3) is 0 Å². The lowest BCUT2D eigenvalue weighted by Gasteiger charge is -2.48. The van der Waals surface area contributed by atoms with E-state index >= 15 is 0 Å². The second-order valence-corrected chi connectivity index (χ2v) is 7.70. The van der Waals surface area contributed by atoms with Gasteiger partial charge in [-0.25, -0.2) is 0 Å². The molecule has 1 spiro atoms. The van der Waals surface area contributed by atoms with Crippen LogP contribution in [-0.4, -0.2) is 47.6 Å². The Morgan fingerprint density at radius 1 is 1.17 bits per heavy atom. The Morgan fingerprint density at radius 2 is 2.00 bits per heavy atom. The molecule has 3 heteroatoms. The van der Waals surface area contributed by atoms with Gasteiger partial charge in [-0.15, -0.1) is 0 Å². The van der Waals surface area contributed by atoms with Gasteiger partial charge in [0.05, 0.1) is 0 Å². The molecule has 1 heterocycles. The molecular formula is C15H28N2S. The standard InChI is InChI=1S/C15H28N2S/c1-18-14-6-5-13(11-14)17-10-9-16-15(12-17)7-3-2-4-8-15/h13-14,16H,2-12H2,1H3. The Hall–Kier alpha value is 0.270. The van der Waals surface area contributed by atoms with Gasteiger partial charge in [0.1, 0.15) is 0 Å². The maximum Gasteiger partial charge on any atom is 0.0309 e. The van der Waals surface area contributed by atoms with E-state index in [2.05, 4.69) is 28.2 Å². The molecule has 0 amide bonds. The normalized spacial score (nSPS) is 37.2. The van der Waals surface area contributed by atoms with Crippen molar-refractivity contribution in [2.75, 3.05) is 25.9 Å². The number of hydrogen-bond donors (Lipinski definition) is 1. The fourth-order valence-electron chi connectivity index (χ4n) is 4.33. The molecule has 2 unspecified atom stereocenters. The third-order valence-corrected chi connectivity index (χ3v) is 6.52. The summed E-state index contributed by atoms with van der Waals surface area (Å²) in [6.45, 7) is 3.84. The summed E-state index contributed by atoms with van der Waals surface area (Å²) in [5.74, 6) is 0. The van der Waals surface area contributed by atoms with Crippen molar-refractivity contribution in [3.05, 3.63) is 0 Å². The van der Waals surface area contributed by atoms with E-state index in [1.807, 2.05) is 0 Å². The number of thioether (sulfide) groups is 1. The van der Waals surface area contributed by atoms with Crippen LogP contribution in [0.3, 0.4) is 0 Å². The maximum absolute atomic E-state index is 3.87. The van der Waals surface area contributed by atoms with Crippen LogP contribution in [-0.2, 0) is 0 Å². The number of nitrogens with zero attached hydrogens (tertiary/aromatic N) is 1. The third kappa shape index (κ3) is 2.73. The van der Waals surface area contributed by atoms with Gasteiger partial charge >= 0.3 is 0 Å². The molecule has 2 nitrogen and oxygen atoms in total. The van der Waals surface area contributed by atoms with Crippen LogP contribution in [0.15, 0.2) is 0 Å². The molecule has 3 aliphatic rings. The summed E-state index contributed by atoms with van der Waals surface area (Å²) in [4.78, 5) is 2.83. The first-order valence-corrected chi connectivity index (χ1v) is 9.12. The first kappa shape index (κ1) is 13.3. The SMILES string of the molecule is CSC1CCC(N2CCNC3(CCCCC3)C2)C1. The molecule has 0 bridgehead atoms. The van der Waals surface area contributed by atoms with E-state index in [4.69, 9.17) is 0 Å². The van der Waals surface area contributed by atoms with Gasteiger partial charge in [-0.1, -0.05) is 19.3 Å². The van der Waals surface area contributed by atoms with Crippen LogP contribution in [0.5, 0.6) is 0 Å². The Balaban J connectivity index is 1.60. The Bertz CT molecular complexity index is 270. The number of piperazine rings is 1. The van der Waals surface area contributed by atoms with Crippen molar-refractivity contribution in [3.63, 3.8) is 0 Å². The summed E-state index contributed by atoms with van der Waals surface area (Å²) in [6.07, 6.45) is 13.8. The Kier molecular flexibility index (Phi) is 4.21. The van der Waals surface area contributed by atoms with Gasteiger partial charge < -0.3 is 5.32 Å². The molecule has 0 radical (unpaired) electrons. The summed E-state index contributed by atoms with van der Waals surface area (Å²) in [7, 11) is 0. The molecular weight excluding hydrogens is 240 g/mol. The molecule has 18 heavy (non-hydrogen) atoms. The van der Waals surface area contributed by atoms with Gasteiger partial charge in [0.15, 0.2) is 0 Å². The highest BCUT2D eigenvalue weighted by Gasteiger charge is 2.39. The molecule has 2 atom stereocenters. The van der Waals surface area contributed by atoms with Gasteiger partial charge in [0.2, 0.25) is 0 Å². The highest BCUT2D eigenvalue weighted by molar-refractivity contribution is 7.99. The van der Waals surface area contributed by atoms with Crippen LogP contribution >= 0.6 is 11.8 Å². The molecule has 2 aliphatic carbocycles. The summed E-state index contributed by atoms with van der Waals surface area (Å²) < 4.78 is 0. The molecule has 2 saturated carbocycles. The monoisotopic (exact) mass is 268 g/mol. The number of rotatable bonds is 2. The second kappa shape index (κ2) is 5.72.